The topological polar surface area (TPSA) is 47.6 Å². The molecular weight excluding hydrogens is 346 g/mol. The van der Waals surface area contributed by atoms with Crippen LogP contribution in [-0.4, -0.2) is 31.4 Å². The molecule has 24 heavy (non-hydrogen) atoms. The summed E-state index contributed by atoms with van der Waals surface area (Å²) in [5.74, 6) is 1.68. The van der Waals surface area contributed by atoms with E-state index in [-0.39, 0.29) is 5.91 Å². The summed E-state index contributed by atoms with van der Waals surface area (Å²) in [6.45, 7) is 1.70. The highest BCUT2D eigenvalue weighted by Gasteiger charge is 2.18. The molecule has 3 rings (SSSR count). The number of amides is 1. The van der Waals surface area contributed by atoms with Crippen LogP contribution in [0.15, 0.2) is 47.4 Å². The Balaban J connectivity index is 1.57. The van der Waals surface area contributed by atoms with Crippen LogP contribution < -0.4 is 14.8 Å². The number of carbonyl (C=O) groups excluding carboxylic acids is 1. The van der Waals surface area contributed by atoms with Crippen molar-refractivity contribution in [1.82, 2.24) is 5.32 Å². The fourth-order valence-corrected chi connectivity index (χ4v) is 3.37. The number of carbonyl (C=O) groups is 1. The van der Waals surface area contributed by atoms with Gasteiger partial charge in [-0.1, -0.05) is 29.8 Å². The number of fused-ring (bicyclic) bond motifs is 1. The van der Waals surface area contributed by atoms with E-state index in [1.54, 1.807) is 23.9 Å². The van der Waals surface area contributed by atoms with Crippen molar-refractivity contribution in [2.45, 2.75) is 11.3 Å². The predicted octanol–water partition coefficient (Wildman–Crippen LogP) is 4.02. The number of rotatable bonds is 5. The first-order valence-corrected chi connectivity index (χ1v) is 9.15. The molecule has 2 aromatic rings. The number of benzene rings is 2. The molecule has 1 heterocycles. The van der Waals surface area contributed by atoms with Gasteiger partial charge in [0.05, 0.1) is 18.2 Å². The maximum absolute atomic E-state index is 12.3. The van der Waals surface area contributed by atoms with E-state index in [9.17, 15) is 4.79 Å². The van der Waals surface area contributed by atoms with Crippen molar-refractivity contribution in [1.29, 1.82) is 0 Å². The van der Waals surface area contributed by atoms with Crippen LogP contribution >= 0.6 is 23.4 Å². The third-order valence-electron chi connectivity index (χ3n) is 3.46. The SMILES string of the molecule is O=C(NCCSc1ccccc1)c1cc(Cl)c2c(c1)OCCCO2. The van der Waals surface area contributed by atoms with E-state index in [1.165, 1.54) is 4.90 Å². The Hall–Kier alpha value is -1.85. The zero-order chi connectivity index (χ0) is 16.8. The molecule has 0 aromatic heterocycles. The predicted molar refractivity (Wildman–Crippen MR) is 96.6 cm³/mol. The number of nitrogens with one attached hydrogen (secondary N) is 1. The third-order valence-corrected chi connectivity index (χ3v) is 4.76. The summed E-state index contributed by atoms with van der Waals surface area (Å²) >= 11 is 7.92. The molecule has 0 saturated carbocycles. The van der Waals surface area contributed by atoms with E-state index in [0.717, 1.165) is 12.2 Å². The summed E-state index contributed by atoms with van der Waals surface area (Å²) in [5.41, 5.74) is 0.481. The second-order valence-electron chi connectivity index (χ2n) is 5.25. The zero-order valence-electron chi connectivity index (χ0n) is 13.1. The monoisotopic (exact) mass is 363 g/mol. The van der Waals surface area contributed by atoms with E-state index >= 15 is 0 Å². The molecule has 0 saturated heterocycles. The average molecular weight is 364 g/mol. The van der Waals surface area contributed by atoms with Gasteiger partial charge in [0.1, 0.15) is 0 Å². The van der Waals surface area contributed by atoms with Gasteiger partial charge in [-0.3, -0.25) is 4.79 Å². The van der Waals surface area contributed by atoms with Gasteiger partial charge >= 0.3 is 0 Å². The van der Waals surface area contributed by atoms with Crippen molar-refractivity contribution in [3.05, 3.63) is 53.1 Å². The first kappa shape index (κ1) is 17.0. The molecule has 1 aliphatic heterocycles. The van der Waals surface area contributed by atoms with Gasteiger partial charge in [0.25, 0.3) is 5.91 Å². The van der Waals surface area contributed by atoms with Crippen LogP contribution in [0.4, 0.5) is 0 Å². The molecule has 0 unspecified atom stereocenters. The van der Waals surface area contributed by atoms with E-state index in [4.69, 9.17) is 21.1 Å². The molecule has 0 bridgehead atoms. The van der Waals surface area contributed by atoms with E-state index in [1.807, 2.05) is 18.2 Å². The maximum atomic E-state index is 12.3. The Kier molecular flexibility index (Phi) is 5.88. The van der Waals surface area contributed by atoms with Gasteiger partial charge in [0, 0.05) is 29.2 Å². The van der Waals surface area contributed by atoms with Crippen molar-refractivity contribution in [3.63, 3.8) is 0 Å². The average Bonchev–Trinajstić information content (AvgIpc) is 2.85. The van der Waals surface area contributed by atoms with Gasteiger partial charge in [0.15, 0.2) is 11.5 Å². The van der Waals surface area contributed by atoms with E-state index in [0.29, 0.717) is 41.8 Å². The molecule has 0 atom stereocenters. The Morgan fingerprint density at radius 1 is 1.17 bits per heavy atom. The van der Waals surface area contributed by atoms with Crippen molar-refractivity contribution >= 4 is 29.3 Å². The Labute approximate surface area is 150 Å². The van der Waals surface area contributed by atoms with Gasteiger partial charge in [-0.05, 0) is 24.3 Å². The molecule has 1 amide bonds. The van der Waals surface area contributed by atoms with Gasteiger partial charge in [-0.2, -0.15) is 0 Å². The zero-order valence-corrected chi connectivity index (χ0v) is 14.7. The lowest BCUT2D eigenvalue weighted by atomic mass is 10.2. The Morgan fingerprint density at radius 2 is 1.96 bits per heavy atom. The Bertz CT molecular complexity index is 709. The molecule has 0 aliphatic carbocycles. The molecule has 0 fully saturated rings. The smallest absolute Gasteiger partial charge is 0.251 e. The van der Waals surface area contributed by atoms with Gasteiger partial charge in [-0.15, -0.1) is 11.8 Å². The lowest BCUT2D eigenvalue weighted by Crippen LogP contribution is -2.25. The lowest BCUT2D eigenvalue weighted by Gasteiger charge is -2.11. The number of hydrogen-bond donors (Lipinski definition) is 1. The minimum atomic E-state index is -0.166. The van der Waals surface area contributed by atoms with Crippen LogP contribution in [0, 0.1) is 0 Å². The minimum Gasteiger partial charge on any atom is -0.489 e. The van der Waals surface area contributed by atoms with Crippen LogP contribution in [-0.2, 0) is 0 Å². The third kappa shape index (κ3) is 4.36. The van der Waals surface area contributed by atoms with E-state index in [2.05, 4.69) is 17.4 Å². The van der Waals surface area contributed by atoms with Crippen LogP contribution in [0.3, 0.4) is 0 Å². The van der Waals surface area contributed by atoms with E-state index < -0.39 is 0 Å². The lowest BCUT2D eigenvalue weighted by molar-refractivity contribution is 0.0955. The molecular formula is C18H18ClNO3S. The highest BCUT2D eigenvalue weighted by atomic mass is 35.5. The van der Waals surface area contributed by atoms with Crippen LogP contribution in [0.1, 0.15) is 16.8 Å². The van der Waals surface area contributed by atoms with Crippen LogP contribution in [0.25, 0.3) is 0 Å². The summed E-state index contributed by atoms with van der Waals surface area (Å²) in [6.07, 6.45) is 0.795. The fraction of sp³-hybridized carbons (Fsp3) is 0.278. The van der Waals surface area contributed by atoms with Crippen molar-refractivity contribution in [2.75, 3.05) is 25.5 Å². The Morgan fingerprint density at radius 3 is 2.79 bits per heavy atom. The van der Waals surface area contributed by atoms with Crippen molar-refractivity contribution < 1.29 is 14.3 Å². The molecule has 0 spiro atoms. The summed E-state index contributed by atoms with van der Waals surface area (Å²) < 4.78 is 11.2. The maximum Gasteiger partial charge on any atom is 0.251 e. The molecule has 6 heteroatoms. The molecule has 0 radical (unpaired) electrons. The molecule has 1 aliphatic rings. The van der Waals surface area contributed by atoms with Crippen molar-refractivity contribution in [3.8, 4) is 11.5 Å². The minimum absolute atomic E-state index is 0.166. The molecule has 126 valence electrons. The molecule has 1 N–H and O–H groups in total. The van der Waals surface area contributed by atoms with Crippen LogP contribution in [0.5, 0.6) is 11.5 Å². The van der Waals surface area contributed by atoms with Crippen molar-refractivity contribution in [2.24, 2.45) is 0 Å². The number of ether oxygens (including phenoxy) is 2. The number of thioether (sulfide) groups is 1. The largest absolute Gasteiger partial charge is 0.489 e. The number of halogens is 1. The van der Waals surface area contributed by atoms with Gasteiger partial charge < -0.3 is 14.8 Å². The van der Waals surface area contributed by atoms with Gasteiger partial charge in [-0.25, -0.2) is 0 Å². The molecule has 4 nitrogen and oxygen atoms in total. The second-order valence-corrected chi connectivity index (χ2v) is 6.83. The summed E-state index contributed by atoms with van der Waals surface area (Å²) in [7, 11) is 0. The summed E-state index contributed by atoms with van der Waals surface area (Å²) in [4.78, 5) is 13.5. The highest BCUT2D eigenvalue weighted by molar-refractivity contribution is 7.99. The normalized spacial score (nSPS) is 13.2. The number of hydrogen-bond acceptors (Lipinski definition) is 4. The second kappa shape index (κ2) is 8.31. The summed E-state index contributed by atoms with van der Waals surface area (Å²) in [6, 6.07) is 13.4. The summed E-state index contributed by atoms with van der Waals surface area (Å²) in [5, 5.41) is 3.31. The first-order chi connectivity index (χ1) is 11.7. The standard InChI is InChI=1S/C18H18ClNO3S/c19-15-11-13(12-16-17(15)23-9-4-8-22-16)18(21)20-7-10-24-14-5-2-1-3-6-14/h1-3,5-6,11-12H,4,7-10H2,(H,20,21). The molecule has 2 aromatic carbocycles. The highest BCUT2D eigenvalue weighted by Crippen LogP contribution is 2.37. The first-order valence-electron chi connectivity index (χ1n) is 7.79. The quantitative estimate of drug-likeness (QED) is 0.643. The van der Waals surface area contributed by atoms with Gasteiger partial charge in [0.2, 0.25) is 0 Å². The fourth-order valence-electron chi connectivity index (χ4n) is 2.31. The van der Waals surface area contributed by atoms with Crippen LogP contribution in [0.2, 0.25) is 5.02 Å².